The Balaban J connectivity index is 2.73. The van der Waals surface area contributed by atoms with Crippen molar-refractivity contribution in [3.63, 3.8) is 0 Å². The van der Waals surface area contributed by atoms with Crippen LogP contribution in [-0.4, -0.2) is 24.9 Å². The molecule has 0 aliphatic heterocycles. The fourth-order valence-electron chi connectivity index (χ4n) is 2.06. The van der Waals surface area contributed by atoms with Crippen molar-refractivity contribution in [2.75, 3.05) is 6.54 Å². The minimum atomic E-state index is -3.47. The van der Waals surface area contributed by atoms with Gasteiger partial charge in [0.2, 0.25) is 0 Å². The lowest BCUT2D eigenvalue weighted by Crippen LogP contribution is -2.34. The summed E-state index contributed by atoms with van der Waals surface area (Å²) in [6, 6.07) is 0. The maximum absolute atomic E-state index is 12.0. The number of rotatable bonds is 6. The van der Waals surface area contributed by atoms with E-state index in [4.69, 9.17) is 0 Å². The van der Waals surface area contributed by atoms with Crippen LogP contribution in [-0.2, 0) is 10.0 Å². The predicted molar refractivity (Wildman–Crippen MR) is 71.7 cm³/mol. The molecule has 0 bridgehead atoms. The summed E-state index contributed by atoms with van der Waals surface area (Å²) < 4.78 is 26.7. The third kappa shape index (κ3) is 3.81. The van der Waals surface area contributed by atoms with Crippen LogP contribution in [0.25, 0.3) is 0 Å². The summed E-state index contributed by atoms with van der Waals surface area (Å²) in [5, 5.41) is 0.131. The van der Waals surface area contributed by atoms with Crippen molar-refractivity contribution >= 4 is 10.0 Å². The highest BCUT2D eigenvalue weighted by atomic mass is 32.2. The van der Waals surface area contributed by atoms with Crippen molar-refractivity contribution in [3.05, 3.63) is 12.0 Å². The molecule has 5 nitrogen and oxygen atoms in total. The third-order valence-electron chi connectivity index (χ3n) is 3.19. The van der Waals surface area contributed by atoms with E-state index in [0.29, 0.717) is 30.1 Å². The Morgan fingerprint density at radius 2 is 1.83 bits per heavy atom. The summed E-state index contributed by atoms with van der Waals surface area (Å²) >= 11 is 0. The van der Waals surface area contributed by atoms with Gasteiger partial charge in [-0.3, -0.25) is 0 Å². The van der Waals surface area contributed by atoms with Gasteiger partial charge < -0.3 is 4.98 Å². The van der Waals surface area contributed by atoms with Crippen molar-refractivity contribution < 1.29 is 8.42 Å². The van der Waals surface area contributed by atoms with Gasteiger partial charge >= 0.3 is 0 Å². The van der Waals surface area contributed by atoms with E-state index in [1.807, 2.05) is 0 Å². The first kappa shape index (κ1) is 15.2. The van der Waals surface area contributed by atoms with Crippen LogP contribution in [0.3, 0.4) is 0 Å². The van der Waals surface area contributed by atoms with E-state index in [9.17, 15) is 8.42 Å². The lowest BCUT2D eigenvalue weighted by molar-refractivity contribution is 0.289. The van der Waals surface area contributed by atoms with Gasteiger partial charge in [0.25, 0.3) is 10.0 Å². The summed E-state index contributed by atoms with van der Waals surface area (Å²) in [4.78, 5) is 6.64. The molecule has 0 saturated heterocycles. The number of sulfonamides is 1. The molecule has 0 spiro atoms. The second-order valence-corrected chi connectivity index (χ2v) is 7.07. The number of H-pyrrole nitrogens is 1. The Kier molecular flexibility index (Phi) is 4.92. The van der Waals surface area contributed by atoms with E-state index in [1.165, 1.54) is 6.20 Å². The zero-order valence-electron chi connectivity index (χ0n) is 11.7. The average Bonchev–Trinajstić information content (AvgIpc) is 2.64. The zero-order valence-corrected chi connectivity index (χ0v) is 12.5. The number of nitrogens with one attached hydrogen (secondary N) is 2. The zero-order chi connectivity index (χ0) is 13.9. The maximum Gasteiger partial charge on any atom is 0.257 e. The first-order chi connectivity index (χ1) is 8.24. The van der Waals surface area contributed by atoms with E-state index in [2.05, 4.69) is 42.4 Å². The molecule has 1 aromatic heterocycles. The van der Waals surface area contributed by atoms with Gasteiger partial charge in [-0.25, -0.2) is 18.1 Å². The van der Waals surface area contributed by atoms with Crippen molar-refractivity contribution in [1.29, 1.82) is 0 Å². The standard InChI is InChI=1S/C12H23N3O2S/c1-8(2)11(9(3)4)6-14-18(16,17)12-7-13-10(5)15-12/h7-9,11,14H,6H2,1-5H3,(H,13,15). The van der Waals surface area contributed by atoms with Crippen LogP contribution in [0, 0.1) is 24.7 Å². The second kappa shape index (κ2) is 5.84. The smallest absolute Gasteiger partial charge is 0.257 e. The molecule has 1 rings (SSSR count). The molecule has 0 aliphatic carbocycles. The van der Waals surface area contributed by atoms with Crippen LogP contribution in [0.2, 0.25) is 0 Å². The fourth-order valence-corrected chi connectivity index (χ4v) is 3.10. The van der Waals surface area contributed by atoms with Gasteiger partial charge in [0, 0.05) is 6.54 Å². The molecular weight excluding hydrogens is 250 g/mol. The Morgan fingerprint density at radius 3 is 2.22 bits per heavy atom. The van der Waals surface area contributed by atoms with E-state index < -0.39 is 10.0 Å². The van der Waals surface area contributed by atoms with Crippen LogP contribution in [0.4, 0.5) is 0 Å². The number of aryl methyl sites for hydroxylation is 1. The highest BCUT2D eigenvalue weighted by Gasteiger charge is 2.22. The number of hydrogen-bond donors (Lipinski definition) is 2. The first-order valence-electron chi connectivity index (χ1n) is 6.25. The molecule has 0 unspecified atom stereocenters. The van der Waals surface area contributed by atoms with Gasteiger partial charge in [-0.2, -0.15) is 0 Å². The fraction of sp³-hybridized carbons (Fsp3) is 0.750. The number of imidazole rings is 1. The van der Waals surface area contributed by atoms with Gasteiger partial charge in [0.15, 0.2) is 5.03 Å². The molecule has 104 valence electrons. The van der Waals surface area contributed by atoms with E-state index in [1.54, 1.807) is 6.92 Å². The highest BCUT2D eigenvalue weighted by molar-refractivity contribution is 7.89. The topological polar surface area (TPSA) is 74.8 Å². The van der Waals surface area contributed by atoms with Crippen molar-refractivity contribution in [1.82, 2.24) is 14.7 Å². The van der Waals surface area contributed by atoms with Crippen molar-refractivity contribution in [2.45, 2.75) is 39.6 Å². The Labute approximate surface area is 109 Å². The van der Waals surface area contributed by atoms with Gasteiger partial charge in [0.1, 0.15) is 5.82 Å². The number of hydrogen-bond acceptors (Lipinski definition) is 3. The number of nitrogens with zero attached hydrogens (tertiary/aromatic N) is 1. The second-order valence-electron chi connectivity index (χ2n) is 5.34. The van der Waals surface area contributed by atoms with Crippen LogP contribution in [0.5, 0.6) is 0 Å². The SMILES string of the molecule is Cc1ncc(S(=O)(=O)NCC(C(C)C)C(C)C)[nH]1. The number of aromatic nitrogens is 2. The van der Waals surface area contributed by atoms with Crippen molar-refractivity contribution in [2.24, 2.45) is 17.8 Å². The molecule has 18 heavy (non-hydrogen) atoms. The minimum Gasteiger partial charge on any atom is -0.332 e. The molecule has 2 N–H and O–H groups in total. The Morgan fingerprint density at radius 1 is 1.28 bits per heavy atom. The van der Waals surface area contributed by atoms with Gasteiger partial charge in [-0.05, 0) is 24.7 Å². The highest BCUT2D eigenvalue weighted by Crippen LogP contribution is 2.20. The van der Waals surface area contributed by atoms with Gasteiger partial charge in [-0.1, -0.05) is 27.7 Å². The van der Waals surface area contributed by atoms with Crippen LogP contribution >= 0.6 is 0 Å². The quantitative estimate of drug-likeness (QED) is 0.831. The summed E-state index contributed by atoms with van der Waals surface area (Å²) in [7, 11) is -3.47. The summed E-state index contributed by atoms with van der Waals surface area (Å²) in [5.41, 5.74) is 0. The molecule has 1 aromatic rings. The Bertz CT molecular complexity index is 469. The maximum atomic E-state index is 12.0. The van der Waals surface area contributed by atoms with Crippen LogP contribution in [0.15, 0.2) is 11.2 Å². The molecule has 0 fully saturated rings. The molecule has 0 saturated carbocycles. The number of aromatic amines is 1. The normalized spacial score (nSPS) is 12.9. The molecule has 0 atom stereocenters. The monoisotopic (exact) mass is 273 g/mol. The average molecular weight is 273 g/mol. The lowest BCUT2D eigenvalue weighted by Gasteiger charge is -2.24. The van der Waals surface area contributed by atoms with E-state index in [-0.39, 0.29) is 5.03 Å². The summed E-state index contributed by atoms with van der Waals surface area (Å²) in [5.74, 6) is 1.80. The molecule has 6 heteroatoms. The molecular formula is C12H23N3O2S. The molecule has 1 heterocycles. The summed E-state index contributed by atoms with van der Waals surface area (Å²) in [6.07, 6.45) is 1.34. The summed E-state index contributed by atoms with van der Waals surface area (Å²) in [6.45, 7) is 10.6. The Hall–Kier alpha value is -0.880. The molecule has 0 amide bonds. The minimum absolute atomic E-state index is 0.131. The molecule has 0 radical (unpaired) electrons. The lowest BCUT2D eigenvalue weighted by atomic mass is 9.86. The van der Waals surface area contributed by atoms with E-state index in [0.717, 1.165) is 0 Å². The van der Waals surface area contributed by atoms with Crippen LogP contribution < -0.4 is 4.72 Å². The predicted octanol–water partition coefficient (Wildman–Crippen LogP) is 1.92. The van der Waals surface area contributed by atoms with Crippen LogP contribution in [0.1, 0.15) is 33.5 Å². The van der Waals surface area contributed by atoms with E-state index >= 15 is 0 Å². The molecule has 0 aromatic carbocycles. The molecule has 0 aliphatic rings. The third-order valence-corrected chi connectivity index (χ3v) is 4.52. The largest absolute Gasteiger partial charge is 0.332 e. The van der Waals surface area contributed by atoms with Crippen molar-refractivity contribution in [3.8, 4) is 0 Å². The van der Waals surface area contributed by atoms with Gasteiger partial charge in [-0.15, -0.1) is 0 Å². The van der Waals surface area contributed by atoms with Gasteiger partial charge in [0.05, 0.1) is 6.20 Å². The first-order valence-corrected chi connectivity index (χ1v) is 7.73.